The van der Waals surface area contributed by atoms with Crippen LogP contribution in [0.25, 0.3) is 0 Å². The third-order valence-electron chi connectivity index (χ3n) is 2.17. The van der Waals surface area contributed by atoms with Gasteiger partial charge in [-0.05, 0) is 18.6 Å². The van der Waals surface area contributed by atoms with Gasteiger partial charge < -0.3 is 15.4 Å². The Kier molecular flexibility index (Phi) is 5.27. The fraction of sp³-hybridized carbons (Fsp3) is 0.417. The first-order valence-corrected chi connectivity index (χ1v) is 5.61. The lowest BCUT2D eigenvalue weighted by molar-refractivity contribution is 0.307. The molecule has 6 nitrogen and oxygen atoms in total. The van der Waals surface area contributed by atoms with Crippen molar-refractivity contribution in [3.8, 4) is 18.0 Å². The first-order valence-electron chi connectivity index (χ1n) is 5.61. The maximum atomic E-state index is 8.71. The van der Waals surface area contributed by atoms with Gasteiger partial charge in [-0.25, -0.2) is 0 Å². The molecule has 0 unspecified atom stereocenters. The number of hydrogen-bond acceptors (Lipinski definition) is 6. The Morgan fingerprint density at radius 1 is 1.33 bits per heavy atom. The Morgan fingerprint density at radius 2 is 2.00 bits per heavy atom. The van der Waals surface area contributed by atoms with Crippen LogP contribution in [0.15, 0.2) is 12.1 Å². The summed E-state index contributed by atoms with van der Waals surface area (Å²) in [6.45, 7) is 2.70. The molecule has 0 aliphatic rings. The van der Waals surface area contributed by atoms with Crippen molar-refractivity contribution in [3.63, 3.8) is 0 Å². The Balaban J connectivity index is 2.94. The molecule has 0 saturated heterocycles. The number of nitrogens with two attached hydrogens (primary N) is 1. The lowest BCUT2D eigenvalue weighted by atomic mass is 10.3. The minimum absolute atomic E-state index is 0.0949. The van der Waals surface area contributed by atoms with Gasteiger partial charge in [0.2, 0.25) is 5.88 Å². The summed E-state index contributed by atoms with van der Waals surface area (Å²) in [7, 11) is 0. The van der Waals surface area contributed by atoms with E-state index in [-0.39, 0.29) is 13.1 Å². The van der Waals surface area contributed by atoms with Crippen LogP contribution in [0.2, 0.25) is 0 Å². The molecular formula is C12H15N5O. The lowest BCUT2D eigenvalue weighted by Gasteiger charge is -2.18. The zero-order chi connectivity index (χ0) is 13.4. The van der Waals surface area contributed by atoms with Gasteiger partial charge in [-0.3, -0.25) is 0 Å². The van der Waals surface area contributed by atoms with Gasteiger partial charge in [-0.1, -0.05) is 6.92 Å². The van der Waals surface area contributed by atoms with E-state index in [0.29, 0.717) is 24.0 Å². The van der Waals surface area contributed by atoms with E-state index < -0.39 is 0 Å². The molecular weight excluding hydrogens is 230 g/mol. The SMILES string of the molecule is CCCOc1nc(N(CC#N)CC#N)ccc1N. The summed E-state index contributed by atoms with van der Waals surface area (Å²) in [6.07, 6.45) is 0.853. The van der Waals surface area contributed by atoms with Crippen LogP contribution in [-0.4, -0.2) is 24.7 Å². The average Bonchev–Trinajstić information content (AvgIpc) is 2.38. The van der Waals surface area contributed by atoms with Crippen molar-refractivity contribution < 1.29 is 4.74 Å². The van der Waals surface area contributed by atoms with E-state index in [1.807, 2.05) is 19.1 Å². The fourth-order valence-electron chi connectivity index (χ4n) is 1.32. The molecule has 0 spiro atoms. The van der Waals surface area contributed by atoms with Crippen LogP contribution >= 0.6 is 0 Å². The molecule has 0 amide bonds. The van der Waals surface area contributed by atoms with Gasteiger partial charge in [0.15, 0.2) is 0 Å². The van der Waals surface area contributed by atoms with Gasteiger partial charge >= 0.3 is 0 Å². The highest BCUT2D eigenvalue weighted by Crippen LogP contribution is 2.23. The maximum absolute atomic E-state index is 8.71. The highest BCUT2D eigenvalue weighted by atomic mass is 16.5. The normalized spacial score (nSPS) is 9.28. The molecule has 2 N–H and O–H groups in total. The van der Waals surface area contributed by atoms with E-state index in [1.165, 1.54) is 0 Å². The molecule has 0 fully saturated rings. The third-order valence-corrected chi connectivity index (χ3v) is 2.17. The molecule has 0 aromatic carbocycles. The van der Waals surface area contributed by atoms with Gasteiger partial charge in [-0.15, -0.1) is 0 Å². The predicted octanol–water partition coefficient (Wildman–Crippen LogP) is 1.31. The number of aromatic nitrogens is 1. The molecule has 1 aromatic rings. The van der Waals surface area contributed by atoms with Crippen LogP contribution in [0.3, 0.4) is 0 Å². The number of ether oxygens (including phenoxy) is 1. The molecule has 0 saturated carbocycles. The first kappa shape index (κ1) is 13.6. The van der Waals surface area contributed by atoms with Crippen LogP contribution in [0.5, 0.6) is 5.88 Å². The Bertz CT molecular complexity index is 458. The van der Waals surface area contributed by atoms with Gasteiger partial charge in [0.1, 0.15) is 18.9 Å². The summed E-state index contributed by atoms with van der Waals surface area (Å²) in [4.78, 5) is 5.78. The quantitative estimate of drug-likeness (QED) is 0.758. The van der Waals surface area contributed by atoms with Crippen LogP contribution in [-0.2, 0) is 0 Å². The number of hydrogen-bond donors (Lipinski definition) is 1. The second-order valence-corrected chi connectivity index (χ2v) is 3.58. The number of nitrogen functional groups attached to an aromatic ring is 1. The second-order valence-electron chi connectivity index (χ2n) is 3.58. The van der Waals surface area contributed by atoms with Crippen molar-refractivity contribution in [3.05, 3.63) is 12.1 Å². The summed E-state index contributed by atoms with van der Waals surface area (Å²) in [5.74, 6) is 0.855. The van der Waals surface area contributed by atoms with Gasteiger partial charge in [0, 0.05) is 0 Å². The summed E-state index contributed by atoms with van der Waals surface area (Å²) < 4.78 is 5.40. The first-order chi connectivity index (χ1) is 8.72. The summed E-state index contributed by atoms with van der Waals surface area (Å²) in [5, 5.41) is 17.4. The van der Waals surface area contributed by atoms with Gasteiger partial charge in [0.05, 0.1) is 24.4 Å². The van der Waals surface area contributed by atoms with Crippen molar-refractivity contribution in [1.29, 1.82) is 10.5 Å². The molecule has 1 aromatic heterocycles. The second kappa shape index (κ2) is 6.97. The predicted molar refractivity (Wildman–Crippen MR) is 67.9 cm³/mol. The van der Waals surface area contributed by atoms with E-state index in [1.54, 1.807) is 17.0 Å². The minimum Gasteiger partial charge on any atom is -0.476 e. The molecule has 0 radical (unpaired) electrons. The molecule has 1 heterocycles. The average molecular weight is 245 g/mol. The molecule has 0 bridgehead atoms. The van der Waals surface area contributed by atoms with E-state index in [0.717, 1.165) is 6.42 Å². The number of pyridine rings is 1. The van der Waals surface area contributed by atoms with E-state index >= 15 is 0 Å². The number of anilines is 2. The molecule has 0 aliphatic heterocycles. The minimum atomic E-state index is 0.0949. The van der Waals surface area contributed by atoms with Crippen molar-refractivity contribution in [1.82, 2.24) is 4.98 Å². The van der Waals surface area contributed by atoms with Crippen molar-refractivity contribution in [2.24, 2.45) is 0 Å². The van der Waals surface area contributed by atoms with Crippen molar-refractivity contribution in [2.75, 3.05) is 30.3 Å². The maximum Gasteiger partial charge on any atom is 0.239 e. The summed E-state index contributed by atoms with van der Waals surface area (Å²) in [6, 6.07) is 7.31. The zero-order valence-corrected chi connectivity index (χ0v) is 10.3. The Morgan fingerprint density at radius 3 is 2.56 bits per heavy atom. The number of nitriles is 2. The lowest BCUT2D eigenvalue weighted by Crippen LogP contribution is -2.25. The van der Waals surface area contributed by atoms with E-state index in [4.69, 9.17) is 21.0 Å². The summed E-state index contributed by atoms with van der Waals surface area (Å²) in [5.41, 5.74) is 6.19. The van der Waals surface area contributed by atoms with Gasteiger partial charge in [-0.2, -0.15) is 15.5 Å². The van der Waals surface area contributed by atoms with Crippen LogP contribution in [0, 0.1) is 22.7 Å². The smallest absolute Gasteiger partial charge is 0.239 e. The van der Waals surface area contributed by atoms with Gasteiger partial charge in [0.25, 0.3) is 0 Å². The Labute approximate surface area is 106 Å². The molecule has 1 rings (SSSR count). The highest BCUT2D eigenvalue weighted by molar-refractivity contribution is 5.55. The molecule has 94 valence electrons. The van der Waals surface area contributed by atoms with Crippen LogP contribution < -0.4 is 15.4 Å². The molecule has 0 aliphatic carbocycles. The zero-order valence-electron chi connectivity index (χ0n) is 10.3. The summed E-state index contributed by atoms with van der Waals surface area (Å²) >= 11 is 0. The monoisotopic (exact) mass is 245 g/mol. The number of rotatable bonds is 6. The molecule has 0 atom stereocenters. The van der Waals surface area contributed by atoms with Crippen LogP contribution in [0.4, 0.5) is 11.5 Å². The standard InChI is InChI=1S/C12H15N5O/c1-2-9-18-12-10(15)3-4-11(16-12)17(7-5-13)8-6-14/h3-4H,2,7-9,15H2,1H3. The number of nitrogens with zero attached hydrogens (tertiary/aromatic N) is 4. The fourth-order valence-corrected chi connectivity index (χ4v) is 1.32. The van der Waals surface area contributed by atoms with E-state index in [9.17, 15) is 0 Å². The Hall–Kier alpha value is -2.47. The third kappa shape index (κ3) is 3.53. The molecule has 6 heteroatoms. The van der Waals surface area contributed by atoms with Crippen LogP contribution in [0.1, 0.15) is 13.3 Å². The topological polar surface area (TPSA) is 99.0 Å². The van der Waals surface area contributed by atoms with E-state index in [2.05, 4.69) is 4.98 Å². The molecule has 18 heavy (non-hydrogen) atoms. The highest BCUT2D eigenvalue weighted by Gasteiger charge is 2.10. The van der Waals surface area contributed by atoms with Crippen molar-refractivity contribution >= 4 is 11.5 Å². The van der Waals surface area contributed by atoms with Crippen molar-refractivity contribution in [2.45, 2.75) is 13.3 Å². The largest absolute Gasteiger partial charge is 0.476 e.